The number of hydrogen-bond acceptors (Lipinski definition) is 9. The minimum atomic E-state index is -1.10. The summed E-state index contributed by atoms with van der Waals surface area (Å²) in [6.45, 7) is 6.30. The van der Waals surface area contributed by atoms with E-state index < -0.39 is 41.0 Å². The third-order valence-corrected chi connectivity index (χ3v) is 7.26. The zero-order chi connectivity index (χ0) is 31.4. The van der Waals surface area contributed by atoms with Gasteiger partial charge in [0.15, 0.2) is 5.78 Å². The first-order chi connectivity index (χ1) is 20.4. The van der Waals surface area contributed by atoms with Gasteiger partial charge in [-0.1, -0.05) is 6.92 Å². The van der Waals surface area contributed by atoms with Gasteiger partial charge in [0.1, 0.15) is 17.3 Å². The van der Waals surface area contributed by atoms with Crippen LogP contribution in [0.4, 0.5) is 25.0 Å². The fourth-order valence-corrected chi connectivity index (χ4v) is 5.22. The van der Waals surface area contributed by atoms with Gasteiger partial charge in [0.2, 0.25) is 0 Å². The molecule has 0 radical (unpaired) electrons. The van der Waals surface area contributed by atoms with Crippen LogP contribution in [0.1, 0.15) is 47.2 Å². The molecule has 4 rings (SSSR count). The van der Waals surface area contributed by atoms with Gasteiger partial charge < -0.3 is 31.7 Å². The van der Waals surface area contributed by atoms with E-state index >= 15 is 4.39 Å². The van der Waals surface area contributed by atoms with Crippen LogP contribution < -0.4 is 27.0 Å². The topological polar surface area (TPSA) is 166 Å². The lowest BCUT2D eigenvalue weighted by atomic mass is 9.89. The van der Waals surface area contributed by atoms with E-state index in [1.165, 1.54) is 19.2 Å². The van der Waals surface area contributed by atoms with Crippen molar-refractivity contribution in [2.45, 2.75) is 45.3 Å². The number of anilines is 2. The van der Waals surface area contributed by atoms with Crippen LogP contribution in [0.2, 0.25) is 0 Å². The van der Waals surface area contributed by atoms with Gasteiger partial charge in [-0.2, -0.15) is 0 Å². The van der Waals surface area contributed by atoms with Crippen molar-refractivity contribution < 1.29 is 27.9 Å². The lowest BCUT2D eigenvalue weighted by molar-refractivity contribution is 0.0937. The van der Waals surface area contributed by atoms with Gasteiger partial charge >= 0.3 is 6.09 Å². The monoisotopic (exact) mass is 595 g/mol. The molecule has 0 saturated carbocycles. The van der Waals surface area contributed by atoms with Crippen molar-refractivity contribution >= 4 is 29.2 Å². The van der Waals surface area contributed by atoms with Crippen LogP contribution in [0.15, 0.2) is 42.7 Å². The van der Waals surface area contributed by atoms with E-state index in [-0.39, 0.29) is 47.1 Å². The number of amides is 2. The second-order valence-corrected chi connectivity index (χ2v) is 10.9. The Morgan fingerprint density at radius 3 is 2.56 bits per heavy atom. The molecule has 1 fully saturated rings. The standard InChI is InChI=1S/C30H35F2N7O4/c1-15(2)36-29(41)18-5-6-19(31)25(26(18)32)22-8-7-20(33)28(37-22)24(40)11-17-12-35-10-9-23(17)39-13-16(3)27(21(34)14-39)38-30(42)43-4/h5-10,12,15-16,21,27H,11,13-14,33-34H2,1-4H3,(H,36,41)(H,38,42)/t16-,21+,27-/m0/s1. The maximum Gasteiger partial charge on any atom is 0.407 e. The molecule has 0 aliphatic carbocycles. The van der Waals surface area contributed by atoms with Gasteiger partial charge in [0, 0.05) is 55.2 Å². The number of alkyl carbamates (subject to hydrolysis) is 1. The molecule has 43 heavy (non-hydrogen) atoms. The van der Waals surface area contributed by atoms with E-state index in [0.717, 1.165) is 17.8 Å². The highest BCUT2D eigenvalue weighted by Gasteiger charge is 2.35. The largest absolute Gasteiger partial charge is 0.453 e. The summed E-state index contributed by atoms with van der Waals surface area (Å²) in [5.41, 5.74) is 12.6. The van der Waals surface area contributed by atoms with Crippen LogP contribution >= 0.6 is 0 Å². The van der Waals surface area contributed by atoms with Crippen molar-refractivity contribution in [3.05, 3.63) is 71.2 Å². The summed E-state index contributed by atoms with van der Waals surface area (Å²) in [7, 11) is 1.29. The van der Waals surface area contributed by atoms with Crippen molar-refractivity contribution in [1.29, 1.82) is 0 Å². The Morgan fingerprint density at radius 2 is 1.88 bits per heavy atom. The van der Waals surface area contributed by atoms with Gasteiger partial charge in [-0.05, 0) is 50.1 Å². The number of carbonyl (C=O) groups is 3. The number of carbonyl (C=O) groups excluding carboxylic acids is 3. The zero-order valence-corrected chi connectivity index (χ0v) is 24.4. The Hall–Kier alpha value is -4.65. The first-order valence-electron chi connectivity index (χ1n) is 13.8. The van der Waals surface area contributed by atoms with E-state index in [1.807, 2.05) is 11.8 Å². The van der Waals surface area contributed by atoms with Crippen LogP contribution in [0.3, 0.4) is 0 Å². The van der Waals surface area contributed by atoms with Gasteiger partial charge in [-0.15, -0.1) is 0 Å². The molecule has 0 spiro atoms. The molecule has 1 aliphatic rings. The number of nitrogens with zero attached hydrogens (tertiary/aromatic N) is 3. The van der Waals surface area contributed by atoms with Crippen molar-refractivity contribution in [3.63, 3.8) is 0 Å². The maximum absolute atomic E-state index is 15.4. The van der Waals surface area contributed by atoms with E-state index in [0.29, 0.717) is 18.7 Å². The van der Waals surface area contributed by atoms with Crippen molar-refractivity contribution in [3.8, 4) is 11.3 Å². The summed E-state index contributed by atoms with van der Waals surface area (Å²) < 4.78 is 35.0. The molecule has 6 N–H and O–H groups in total. The molecule has 1 aromatic carbocycles. The number of ketones is 1. The minimum Gasteiger partial charge on any atom is -0.453 e. The fraction of sp³-hybridized carbons (Fsp3) is 0.367. The van der Waals surface area contributed by atoms with E-state index in [4.69, 9.17) is 16.2 Å². The molecule has 13 heteroatoms. The second kappa shape index (κ2) is 13.1. The molecule has 228 valence electrons. The number of halogens is 2. The summed E-state index contributed by atoms with van der Waals surface area (Å²) in [5.74, 6) is -3.29. The molecule has 0 unspecified atom stereocenters. The minimum absolute atomic E-state index is 0.0269. The molecule has 1 aliphatic heterocycles. The number of benzene rings is 1. The third kappa shape index (κ3) is 6.88. The quantitative estimate of drug-likeness (QED) is 0.286. The molecular weight excluding hydrogens is 560 g/mol. The van der Waals surface area contributed by atoms with Gasteiger partial charge in [0.05, 0.1) is 35.7 Å². The molecule has 3 heterocycles. The van der Waals surface area contributed by atoms with Crippen LogP contribution in [0.5, 0.6) is 0 Å². The van der Waals surface area contributed by atoms with Crippen LogP contribution in [0, 0.1) is 17.6 Å². The molecule has 2 aromatic heterocycles. The van der Waals surface area contributed by atoms with Crippen LogP contribution in [-0.2, 0) is 11.2 Å². The first kappa shape index (κ1) is 31.3. The summed E-state index contributed by atoms with van der Waals surface area (Å²) >= 11 is 0. The SMILES string of the molecule is COC(=O)N[C@@H]1[C@H](N)CN(c2ccncc2CC(=O)c2nc(-c3c(F)ccc(C(=O)NC(C)C)c3F)ccc2N)C[C@@H]1C. The number of aromatic nitrogens is 2. The van der Waals surface area contributed by atoms with Crippen molar-refractivity contribution in [2.75, 3.05) is 30.8 Å². The van der Waals surface area contributed by atoms with Crippen LogP contribution in [0.25, 0.3) is 11.3 Å². The number of ether oxygens (including phenoxy) is 1. The number of nitrogen functional groups attached to an aromatic ring is 1. The third-order valence-electron chi connectivity index (χ3n) is 7.26. The number of methoxy groups -OCH3 is 1. The predicted octanol–water partition coefficient (Wildman–Crippen LogP) is 3.08. The normalized spacial score (nSPS) is 18.3. The Bertz CT molecular complexity index is 1520. The highest BCUT2D eigenvalue weighted by atomic mass is 19.1. The number of nitrogens with one attached hydrogen (secondary N) is 2. The summed E-state index contributed by atoms with van der Waals surface area (Å²) in [6, 6.07) is 5.45. The Morgan fingerprint density at radius 1 is 1.14 bits per heavy atom. The highest BCUT2D eigenvalue weighted by Crippen LogP contribution is 2.30. The van der Waals surface area contributed by atoms with Gasteiger partial charge in [0.25, 0.3) is 5.91 Å². The lowest BCUT2D eigenvalue weighted by Gasteiger charge is -2.42. The van der Waals surface area contributed by atoms with Crippen LogP contribution in [-0.4, -0.2) is 66.1 Å². The molecular formula is C30H35F2N7O4. The van der Waals surface area contributed by atoms with Gasteiger partial charge in [-0.3, -0.25) is 14.6 Å². The average Bonchev–Trinajstić information content (AvgIpc) is 2.95. The molecule has 0 bridgehead atoms. The Kier molecular flexibility index (Phi) is 9.54. The number of hydrogen-bond donors (Lipinski definition) is 4. The lowest BCUT2D eigenvalue weighted by Crippen LogP contribution is -2.62. The maximum atomic E-state index is 15.4. The molecule has 11 nitrogen and oxygen atoms in total. The second-order valence-electron chi connectivity index (χ2n) is 10.9. The number of piperidine rings is 1. The smallest absolute Gasteiger partial charge is 0.407 e. The average molecular weight is 596 g/mol. The number of pyridine rings is 2. The summed E-state index contributed by atoms with van der Waals surface area (Å²) in [4.78, 5) is 48.2. The molecule has 3 aromatic rings. The van der Waals surface area contributed by atoms with E-state index in [9.17, 15) is 18.8 Å². The first-order valence-corrected chi connectivity index (χ1v) is 13.8. The number of nitrogens with two attached hydrogens (primary N) is 2. The van der Waals surface area contributed by atoms with E-state index in [1.54, 1.807) is 32.3 Å². The predicted molar refractivity (Wildman–Crippen MR) is 158 cm³/mol. The number of Topliss-reactive ketones (excluding diaryl/α,β-unsaturated/α-hetero) is 1. The Balaban J connectivity index is 1.61. The fourth-order valence-electron chi connectivity index (χ4n) is 5.22. The molecule has 2 amide bonds. The Labute approximate surface area is 248 Å². The van der Waals surface area contributed by atoms with Crippen molar-refractivity contribution in [1.82, 2.24) is 20.6 Å². The number of rotatable bonds is 8. The zero-order valence-electron chi connectivity index (χ0n) is 24.4. The van der Waals surface area contributed by atoms with E-state index in [2.05, 4.69) is 20.6 Å². The highest BCUT2D eigenvalue weighted by molar-refractivity contribution is 6.01. The molecule has 3 atom stereocenters. The summed E-state index contributed by atoms with van der Waals surface area (Å²) in [6.07, 6.45) is 2.43. The van der Waals surface area contributed by atoms with Crippen molar-refractivity contribution in [2.24, 2.45) is 11.7 Å². The summed E-state index contributed by atoms with van der Waals surface area (Å²) in [5, 5.41) is 5.36. The molecule has 1 saturated heterocycles. The van der Waals surface area contributed by atoms with Gasteiger partial charge in [-0.25, -0.2) is 18.6 Å².